The number of rotatable bonds is 3. The van der Waals surface area contributed by atoms with Gasteiger partial charge in [-0.05, 0) is 30.4 Å². The lowest BCUT2D eigenvalue weighted by Crippen LogP contribution is -2.49. The Hall–Kier alpha value is -2.34. The average molecular weight is 340 g/mol. The zero-order valence-electron chi connectivity index (χ0n) is 14.4. The van der Waals surface area contributed by atoms with E-state index in [4.69, 9.17) is 4.74 Å². The van der Waals surface area contributed by atoms with E-state index >= 15 is 0 Å². The fraction of sp³-hybridized carbons (Fsp3) is 0.474. The van der Waals surface area contributed by atoms with Crippen LogP contribution in [0.15, 0.2) is 41.5 Å². The van der Waals surface area contributed by atoms with Gasteiger partial charge in [0.2, 0.25) is 0 Å². The molecule has 0 saturated carbocycles. The molecule has 0 amide bonds. The number of hydrogen-bond acceptors (Lipinski definition) is 5. The second-order valence-corrected chi connectivity index (χ2v) is 6.84. The standard InChI is InChI=1S/C19H24N4O2/c24-19-18(20-6-7-21-19)23-10-8-22(9-11-23)14-15-5-12-25-17-4-2-1-3-16(17)13-15/h1-4,6-7,15H,5,8-14H2,(H,21,24). The molecule has 2 aliphatic rings. The zero-order chi connectivity index (χ0) is 17.1. The van der Waals surface area contributed by atoms with Crippen molar-refractivity contribution in [3.63, 3.8) is 0 Å². The maximum atomic E-state index is 11.9. The summed E-state index contributed by atoms with van der Waals surface area (Å²) in [7, 11) is 0. The number of nitrogens with one attached hydrogen (secondary N) is 1. The number of fused-ring (bicyclic) bond motifs is 1. The molecule has 25 heavy (non-hydrogen) atoms. The van der Waals surface area contributed by atoms with E-state index in [2.05, 4.69) is 38.0 Å². The van der Waals surface area contributed by atoms with Crippen LogP contribution < -0.4 is 15.2 Å². The van der Waals surface area contributed by atoms with Crippen molar-refractivity contribution >= 4 is 5.82 Å². The summed E-state index contributed by atoms with van der Waals surface area (Å²) >= 11 is 0. The summed E-state index contributed by atoms with van der Waals surface area (Å²) in [5.74, 6) is 2.21. The molecule has 2 aromatic rings. The molecule has 4 rings (SSSR count). The van der Waals surface area contributed by atoms with E-state index in [-0.39, 0.29) is 5.56 Å². The van der Waals surface area contributed by atoms with Crippen molar-refractivity contribution in [3.8, 4) is 5.75 Å². The summed E-state index contributed by atoms with van der Waals surface area (Å²) in [6.45, 7) is 5.51. The molecule has 1 aromatic carbocycles. The predicted molar refractivity (Wildman–Crippen MR) is 97.3 cm³/mol. The van der Waals surface area contributed by atoms with Crippen molar-refractivity contribution in [3.05, 3.63) is 52.6 Å². The third kappa shape index (κ3) is 3.69. The molecule has 1 fully saturated rings. The van der Waals surface area contributed by atoms with Gasteiger partial charge in [0.25, 0.3) is 5.56 Å². The summed E-state index contributed by atoms with van der Waals surface area (Å²) in [6, 6.07) is 8.38. The van der Waals surface area contributed by atoms with E-state index in [1.165, 1.54) is 5.56 Å². The SMILES string of the molecule is O=c1[nH]ccnc1N1CCN(CC2CCOc3ccccc3C2)CC1. The topological polar surface area (TPSA) is 61.5 Å². The minimum absolute atomic E-state index is 0.103. The Kier molecular flexibility index (Phi) is 4.70. The van der Waals surface area contributed by atoms with Gasteiger partial charge >= 0.3 is 0 Å². The van der Waals surface area contributed by atoms with Crippen LogP contribution in [0.2, 0.25) is 0 Å². The van der Waals surface area contributed by atoms with Gasteiger partial charge in [-0.25, -0.2) is 4.98 Å². The molecule has 1 aromatic heterocycles. The van der Waals surface area contributed by atoms with Gasteiger partial charge in [-0.15, -0.1) is 0 Å². The first-order chi connectivity index (χ1) is 12.3. The number of ether oxygens (including phenoxy) is 1. The number of nitrogens with zero attached hydrogens (tertiary/aromatic N) is 3. The highest BCUT2D eigenvalue weighted by atomic mass is 16.5. The molecule has 1 N–H and O–H groups in total. The van der Waals surface area contributed by atoms with Gasteiger partial charge in [0.15, 0.2) is 5.82 Å². The van der Waals surface area contributed by atoms with Crippen LogP contribution in [0, 0.1) is 5.92 Å². The van der Waals surface area contributed by atoms with E-state index in [1.54, 1.807) is 12.4 Å². The first kappa shape index (κ1) is 16.1. The number of aromatic amines is 1. The van der Waals surface area contributed by atoms with Crippen LogP contribution in [-0.4, -0.2) is 54.2 Å². The number of anilines is 1. The van der Waals surface area contributed by atoms with Crippen molar-refractivity contribution in [1.82, 2.24) is 14.9 Å². The Morgan fingerprint density at radius 3 is 2.88 bits per heavy atom. The molecule has 1 unspecified atom stereocenters. The maximum Gasteiger partial charge on any atom is 0.290 e. The van der Waals surface area contributed by atoms with Gasteiger partial charge in [0.1, 0.15) is 5.75 Å². The van der Waals surface area contributed by atoms with E-state index < -0.39 is 0 Å². The summed E-state index contributed by atoms with van der Waals surface area (Å²) in [5.41, 5.74) is 1.22. The summed E-state index contributed by atoms with van der Waals surface area (Å²) in [5, 5.41) is 0. The Balaban J connectivity index is 1.34. The largest absolute Gasteiger partial charge is 0.493 e. The second kappa shape index (κ2) is 7.27. The Labute approximate surface area is 147 Å². The Morgan fingerprint density at radius 1 is 1.20 bits per heavy atom. The number of aromatic nitrogens is 2. The molecule has 2 aliphatic heterocycles. The summed E-state index contributed by atoms with van der Waals surface area (Å²) in [4.78, 5) is 23.4. The van der Waals surface area contributed by atoms with Crippen LogP contribution in [0.4, 0.5) is 5.82 Å². The third-order valence-electron chi connectivity index (χ3n) is 5.14. The van der Waals surface area contributed by atoms with Gasteiger partial charge in [0.05, 0.1) is 6.61 Å². The van der Waals surface area contributed by atoms with Crippen molar-refractivity contribution in [2.75, 3.05) is 44.2 Å². The normalized spacial score (nSPS) is 21.3. The Bertz CT molecular complexity index is 768. The van der Waals surface area contributed by atoms with E-state index in [1.807, 2.05) is 6.07 Å². The zero-order valence-corrected chi connectivity index (χ0v) is 14.4. The van der Waals surface area contributed by atoms with Crippen molar-refractivity contribution in [2.45, 2.75) is 12.8 Å². The Morgan fingerprint density at radius 2 is 2.04 bits per heavy atom. The second-order valence-electron chi connectivity index (χ2n) is 6.84. The van der Waals surface area contributed by atoms with Gasteiger partial charge < -0.3 is 14.6 Å². The van der Waals surface area contributed by atoms with Gasteiger partial charge in [0, 0.05) is 45.1 Å². The minimum Gasteiger partial charge on any atom is -0.493 e. The average Bonchev–Trinajstić information content (AvgIpc) is 2.85. The number of para-hydroxylation sites is 1. The lowest BCUT2D eigenvalue weighted by molar-refractivity contribution is 0.200. The minimum atomic E-state index is -0.103. The molecular weight excluding hydrogens is 316 g/mol. The van der Waals surface area contributed by atoms with Crippen LogP contribution in [-0.2, 0) is 6.42 Å². The number of hydrogen-bond donors (Lipinski definition) is 1. The fourth-order valence-electron chi connectivity index (χ4n) is 3.79. The summed E-state index contributed by atoms with van der Waals surface area (Å²) < 4.78 is 5.88. The number of piperazine rings is 1. The molecule has 6 nitrogen and oxygen atoms in total. The lowest BCUT2D eigenvalue weighted by atomic mass is 9.96. The van der Waals surface area contributed by atoms with Gasteiger partial charge in [-0.3, -0.25) is 9.69 Å². The van der Waals surface area contributed by atoms with E-state index in [9.17, 15) is 4.79 Å². The van der Waals surface area contributed by atoms with E-state index in [0.717, 1.165) is 57.9 Å². The molecule has 1 atom stereocenters. The smallest absolute Gasteiger partial charge is 0.290 e. The summed E-state index contributed by atoms with van der Waals surface area (Å²) in [6.07, 6.45) is 5.39. The molecule has 0 spiro atoms. The van der Waals surface area contributed by atoms with Crippen molar-refractivity contribution < 1.29 is 4.74 Å². The first-order valence-corrected chi connectivity index (χ1v) is 9.01. The van der Waals surface area contributed by atoms with Crippen molar-refractivity contribution in [2.24, 2.45) is 5.92 Å². The fourth-order valence-corrected chi connectivity index (χ4v) is 3.79. The monoisotopic (exact) mass is 340 g/mol. The maximum absolute atomic E-state index is 11.9. The van der Waals surface area contributed by atoms with Crippen LogP contribution in [0.1, 0.15) is 12.0 Å². The first-order valence-electron chi connectivity index (χ1n) is 9.01. The quantitative estimate of drug-likeness (QED) is 0.918. The molecular formula is C19H24N4O2. The van der Waals surface area contributed by atoms with E-state index in [0.29, 0.717) is 11.7 Å². The molecule has 6 heteroatoms. The van der Waals surface area contributed by atoms with Gasteiger partial charge in [-0.1, -0.05) is 18.2 Å². The third-order valence-corrected chi connectivity index (χ3v) is 5.14. The molecule has 0 radical (unpaired) electrons. The van der Waals surface area contributed by atoms with Crippen LogP contribution in [0.5, 0.6) is 5.75 Å². The highest BCUT2D eigenvalue weighted by Gasteiger charge is 2.24. The highest BCUT2D eigenvalue weighted by Crippen LogP contribution is 2.27. The molecule has 132 valence electrons. The van der Waals surface area contributed by atoms with Crippen LogP contribution in [0.25, 0.3) is 0 Å². The van der Waals surface area contributed by atoms with Crippen molar-refractivity contribution in [1.29, 1.82) is 0 Å². The number of H-pyrrole nitrogens is 1. The predicted octanol–water partition coefficient (Wildman–Crippen LogP) is 1.53. The molecule has 0 bridgehead atoms. The molecule has 3 heterocycles. The molecule has 1 saturated heterocycles. The number of benzene rings is 1. The lowest BCUT2D eigenvalue weighted by Gasteiger charge is -2.36. The molecule has 0 aliphatic carbocycles. The van der Waals surface area contributed by atoms with Gasteiger partial charge in [-0.2, -0.15) is 0 Å². The highest BCUT2D eigenvalue weighted by molar-refractivity contribution is 5.36. The van der Waals surface area contributed by atoms with Crippen LogP contribution >= 0.6 is 0 Å². The van der Waals surface area contributed by atoms with Crippen LogP contribution in [0.3, 0.4) is 0 Å².